The highest BCUT2D eigenvalue weighted by atomic mass is 35.5. The van der Waals surface area contributed by atoms with E-state index in [9.17, 15) is 5.11 Å². The van der Waals surface area contributed by atoms with Crippen molar-refractivity contribution in [2.75, 3.05) is 32.0 Å². The zero-order chi connectivity index (χ0) is 20.2. The molecule has 0 radical (unpaired) electrons. The lowest BCUT2D eigenvalue weighted by Gasteiger charge is -2.14. The summed E-state index contributed by atoms with van der Waals surface area (Å²) < 4.78 is 5.69. The summed E-state index contributed by atoms with van der Waals surface area (Å²) in [6.45, 7) is 2.92. The Hall–Kier alpha value is -1.30. The fraction of sp³-hybridized carbons (Fsp3) is 0.455. The van der Waals surface area contributed by atoms with Crippen LogP contribution in [-0.2, 0) is 11.2 Å². The Morgan fingerprint density at radius 2 is 1.64 bits per heavy atom. The van der Waals surface area contributed by atoms with Crippen LogP contribution in [0.3, 0.4) is 0 Å². The number of nitrogens with two attached hydrogens (primary N) is 1. The Kier molecular flexibility index (Phi) is 10.7. The standard InChI is InChI=1S/C22H30Cl2N2O2/c23-19-14-18(15-20(24)22(19)25)21(27)16-26-11-6-1-2-7-12-28-13-10-17-8-4-3-5-9-17/h3-5,8-9,14-15,21,26-27H,1-2,6-7,10-13,16,25H2. The Bertz CT molecular complexity index is 675. The largest absolute Gasteiger partial charge is 0.396 e. The van der Waals surface area contributed by atoms with Crippen LogP contribution >= 0.6 is 23.2 Å². The van der Waals surface area contributed by atoms with Crippen LogP contribution in [0.25, 0.3) is 0 Å². The third-order valence-corrected chi connectivity index (χ3v) is 5.22. The SMILES string of the molecule is Nc1c(Cl)cc(C(O)CNCCCCCCOCCc2ccccc2)cc1Cl. The number of anilines is 1. The molecule has 4 N–H and O–H groups in total. The van der Waals surface area contributed by atoms with E-state index in [4.69, 9.17) is 33.7 Å². The summed E-state index contributed by atoms with van der Waals surface area (Å²) in [7, 11) is 0. The smallest absolute Gasteiger partial charge is 0.0915 e. The summed E-state index contributed by atoms with van der Waals surface area (Å²) in [6.07, 6.45) is 4.76. The van der Waals surface area contributed by atoms with Crippen molar-refractivity contribution >= 4 is 28.9 Å². The van der Waals surface area contributed by atoms with E-state index in [0.29, 0.717) is 27.8 Å². The average Bonchev–Trinajstić information content (AvgIpc) is 2.70. The van der Waals surface area contributed by atoms with Gasteiger partial charge in [0.05, 0.1) is 28.4 Å². The molecule has 0 heterocycles. The fourth-order valence-electron chi connectivity index (χ4n) is 2.90. The molecule has 0 saturated carbocycles. The molecule has 0 amide bonds. The van der Waals surface area contributed by atoms with E-state index in [2.05, 4.69) is 29.6 Å². The van der Waals surface area contributed by atoms with Crippen molar-refractivity contribution in [1.29, 1.82) is 0 Å². The first-order valence-electron chi connectivity index (χ1n) is 9.83. The van der Waals surface area contributed by atoms with Gasteiger partial charge in [0.1, 0.15) is 0 Å². The van der Waals surface area contributed by atoms with E-state index in [1.807, 2.05) is 6.07 Å². The van der Waals surface area contributed by atoms with E-state index < -0.39 is 6.10 Å². The van der Waals surface area contributed by atoms with Crippen LogP contribution in [0, 0.1) is 0 Å². The van der Waals surface area contributed by atoms with Crippen molar-refractivity contribution in [3.05, 3.63) is 63.6 Å². The molecule has 0 fully saturated rings. The van der Waals surface area contributed by atoms with Crippen molar-refractivity contribution in [3.63, 3.8) is 0 Å². The normalized spacial score (nSPS) is 12.2. The molecule has 1 atom stereocenters. The molecule has 0 aromatic heterocycles. The molecular formula is C22H30Cl2N2O2. The van der Waals surface area contributed by atoms with Crippen molar-refractivity contribution in [1.82, 2.24) is 5.32 Å². The number of benzene rings is 2. The highest BCUT2D eigenvalue weighted by molar-refractivity contribution is 6.38. The average molecular weight is 425 g/mol. The number of aliphatic hydroxyl groups is 1. The Balaban J connectivity index is 1.45. The first-order chi connectivity index (χ1) is 13.6. The zero-order valence-electron chi connectivity index (χ0n) is 16.2. The van der Waals surface area contributed by atoms with Gasteiger partial charge in [-0.1, -0.05) is 66.4 Å². The predicted octanol–water partition coefficient (Wildman–Crippen LogP) is 5.02. The third kappa shape index (κ3) is 8.38. The van der Waals surface area contributed by atoms with E-state index in [1.54, 1.807) is 12.1 Å². The van der Waals surface area contributed by atoms with Gasteiger partial charge in [0, 0.05) is 13.2 Å². The van der Waals surface area contributed by atoms with Crippen molar-refractivity contribution in [3.8, 4) is 0 Å². The Morgan fingerprint density at radius 3 is 2.36 bits per heavy atom. The summed E-state index contributed by atoms with van der Waals surface area (Å²) in [4.78, 5) is 0. The number of nitrogens with one attached hydrogen (secondary N) is 1. The van der Waals surface area contributed by atoms with Crippen LogP contribution in [0.1, 0.15) is 42.9 Å². The van der Waals surface area contributed by atoms with Gasteiger partial charge in [-0.3, -0.25) is 0 Å². The number of hydrogen-bond donors (Lipinski definition) is 3. The maximum Gasteiger partial charge on any atom is 0.0915 e. The van der Waals surface area contributed by atoms with Crippen molar-refractivity contribution < 1.29 is 9.84 Å². The molecular weight excluding hydrogens is 395 g/mol. The summed E-state index contributed by atoms with van der Waals surface area (Å²) >= 11 is 12.0. The molecule has 4 nitrogen and oxygen atoms in total. The number of ether oxygens (including phenoxy) is 1. The van der Waals surface area contributed by atoms with Gasteiger partial charge in [-0.2, -0.15) is 0 Å². The lowest BCUT2D eigenvalue weighted by atomic mass is 10.1. The van der Waals surface area contributed by atoms with Crippen molar-refractivity contribution in [2.45, 2.75) is 38.2 Å². The van der Waals surface area contributed by atoms with Gasteiger partial charge in [-0.05, 0) is 49.1 Å². The number of rotatable bonds is 13. The lowest BCUT2D eigenvalue weighted by Crippen LogP contribution is -2.22. The molecule has 2 aromatic rings. The monoisotopic (exact) mass is 424 g/mol. The predicted molar refractivity (Wildman–Crippen MR) is 118 cm³/mol. The van der Waals surface area contributed by atoms with Gasteiger partial charge < -0.3 is 20.9 Å². The van der Waals surface area contributed by atoms with Gasteiger partial charge in [0.15, 0.2) is 0 Å². The van der Waals surface area contributed by atoms with Gasteiger partial charge >= 0.3 is 0 Å². The van der Waals surface area contributed by atoms with Crippen LogP contribution in [0.2, 0.25) is 10.0 Å². The molecule has 154 valence electrons. The molecule has 0 spiro atoms. The molecule has 0 aliphatic heterocycles. The molecule has 2 rings (SSSR count). The topological polar surface area (TPSA) is 67.5 Å². The quantitative estimate of drug-likeness (QED) is 0.312. The molecule has 1 unspecified atom stereocenters. The molecule has 0 aliphatic carbocycles. The number of unbranched alkanes of at least 4 members (excludes halogenated alkanes) is 3. The highest BCUT2D eigenvalue weighted by Gasteiger charge is 2.11. The van der Waals surface area contributed by atoms with Crippen LogP contribution in [0.5, 0.6) is 0 Å². The summed E-state index contributed by atoms with van der Waals surface area (Å²) in [6, 6.07) is 13.7. The van der Waals surface area contributed by atoms with E-state index in [-0.39, 0.29) is 0 Å². The molecule has 28 heavy (non-hydrogen) atoms. The van der Waals surface area contributed by atoms with E-state index in [0.717, 1.165) is 51.9 Å². The molecule has 0 bridgehead atoms. The lowest BCUT2D eigenvalue weighted by molar-refractivity contribution is 0.133. The first-order valence-corrected chi connectivity index (χ1v) is 10.6. The van der Waals surface area contributed by atoms with E-state index in [1.165, 1.54) is 5.56 Å². The van der Waals surface area contributed by atoms with E-state index >= 15 is 0 Å². The second kappa shape index (κ2) is 13.0. The second-order valence-electron chi connectivity index (χ2n) is 6.88. The van der Waals surface area contributed by atoms with Crippen LogP contribution in [-0.4, -0.2) is 31.4 Å². The minimum Gasteiger partial charge on any atom is -0.396 e. The highest BCUT2D eigenvalue weighted by Crippen LogP contribution is 2.31. The van der Waals surface area contributed by atoms with Crippen LogP contribution in [0.15, 0.2) is 42.5 Å². The van der Waals surface area contributed by atoms with Gasteiger partial charge in [0.25, 0.3) is 0 Å². The zero-order valence-corrected chi connectivity index (χ0v) is 17.7. The van der Waals surface area contributed by atoms with Gasteiger partial charge in [0.2, 0.25) is 0 Å². The number of nitrogen functional groups attached to an aromatic ring is 1. The van der Waals surface area contributed by atoms with Gasteiger partial charge in [-0.25, -0.2) is 0 Å². The first kappa shape index (κ1) is 23.0. The molecule has 0 saturated heterocycles. The molecule has 0 aliphatic rings. The second-order valence-corrected chi connectivity index (χ2v) is 7.69. The summed E-state index contributed by atoms with van der Waals surface area (Å²) in [5.41, 5.74) is 8.05. The fourth-order valence-corrected chi connectivity index (χ4v) is 3.40. The van der Waals surface area contributed by atoms with Crippen LogP contribution in [0.4, 0.5) is 5.69 Å². The maximum absolute atomic E-state index is 10.2. The molecule has 2 aromatic carbocycles. The summed E-state index contributed by atoms with van der Waals surface area (Å²) in [5.74, 6) is 0. The minimum atomic E-state index is -0.659. The number of hydrogen-bond acceptors (Lipinski definition) is 4. The Labute approximate surface area is 178 Å². The van der Waals surface area contributed by atoms with Gasteiger partial charge in [-0.15, -0.1) is 0 Å². The minimum absolute atomic E-state index is 0.344. The van der Waals surface area contributed by atoms with Crippen molar-refractivity contribution in [2.24, 2.45) is 0 Å². The third-order valence-electron chi connectivity index (χ3n) is 4.59. The molecule has 6 heteroatoms. The number of aliphatic hydroxyl groups excluding tert-OH is 1. The maximum atomic E-state index is 10.2. The van der Waals surface area contributed by atoms with Crippen LogP contribution < -0.4 is 11.1 Å². The number of halogens is 2. The Morgan fingerprint density at radius 1 is 0.964 bits per heavy atom. The summed E-state index contributed by atoms with van der Waals surface area (Å²) in [5, 5.41) is 14.2.